The van der Waals surface area contributed by atoms with Crippen molar-refractivity contribution in [2.24, 2.45) is 5.92 Å². The van der Waals surface area contributed by atoms with Gasteiger partial charge < -0.3 is 20.5 Å². The largest absolute Gasteiger partial charge is 0.484 e. The standard InChI is InChI=1S/C18H18N2O5S/c21-16(19-9-14-6-7-15(26-14)18(23)24)10-25-13-3-1-2-12(8-13)20-17(22)11-4-5-11/h1-3,6-8,11H,4-5,9-10H2,(H,19,21)(H,20,22)(H,23,24). The number of nitrogens with one attached hydrogen (secondary N) is 2. The van der Waals surface area contributed by atoms with Crippen molar-refractivity contribution in [1.82, 2.24) is 5.32 Å². The van der Waals surface area contributed by atoms with Gasteiger partial charge in [-0.3, -0.25) is 9.59 Å². The monoisotopic (exact) mass is 374 g/mol. The SMILES string of the molecule is O=C(COc1cccc(NC(=O)C2CC2)c1)NCc1ccc(C(=O)O)s1. The number of carbonyl (C=O) groups is 3. The average Bonchev–Trinajstić information content (AvgIpc) is 3.36. The lowest BCUT2D eigenvalue weighted by Gasteiger charge is -2.09. The van der Waals surface area contributed by atoms with E-state index in [1.54, 1.807) is 30.3 Å². The molecule has 1 aliphatic rings. The minimum Gasteiger partial charge on any atom is -0.484 e. The van der Waals surface area contributed by atoms with E-state index < -0.39 is 5.97 Å². The first-order valence-corrected chi connectivity index (χ1v) is 8.95. The second-order valence-electron chi connectivity index (χ2n) is 5.93. The molecule has 1 aliphatic carbocycles. The predicted molar refractivity (Wildman–Crippen MR) is 96.4 cm³/mol. The number of amides is 2. The Morgan fingerprint density at radius 2 is 2.00 bits per heavy atom. The number of carbonyl (C=O) groups excluding carboxylic acids is 2. The lowest BCUT2D eigenvalue weighted by Crippen LogP contribution is -2.28. The first kappa shape index (κ1) is 17.9. The Balaban J connectivity index is 1.44. The van der Waals surface area contributed by atoms with Gasteiger partial charge in [-0.1, -0.05) is 6.07 Å². The molecule has 3 rings (SSSR count). The van der Waals surface area contributed by atoms with Crippen LogP contribution in [-0.2, 0) is 16.1 Å². The first-order valence-electron chi connectivity index (χ1n) is 8.13. The zero-order valence-corrected chi connectivity index (χ0v) is 14.7. The molecule has 0 radical (unpaired) electrons. The molecule has 0 saturated heterocycles. The molecule has 0 bridgehead atoms. The number of hydrogen-bond acceptors (Lipinski definition) is 5. The number of anilines is 1. The molecule has 2 amide bonds. The van der Waals surface area contributed by atoms with Crippen LogP contribution in [0.15, 0.2) is 36.4 Å². The summed E-state index contributed by atoms with van der Waals surface area (Å²) in [5, 5.41) is 14.4. The molecular formula is C18H18N2O5S. The molecular weight excluding hydrogens is 356 g/mol. The van der Waals surface area contributed by atoms with Crippen molar-refractivity contribution in [3.63, 3.8) is 0 Å². The van der Waals surface area contributed by atoms with E-state index in [1.165, 1.54) is 6.07 Å². The molecule has 26 heavy (non-hydrogen) atoms. The fraction of sp³-hybridized carbons (Fsp3) is 0.278. The lowest BCUT2D eigenvalue weighted by atomic mass is 10.3. The maximum atomic E-state index is 11.9. The molecule has 1 fully saturated rings. The zero-order chi connectivity index (χ0) is 18.5. The van der Waals surface area contributed by atoms with E-state index >= 15 is 0 Å². The molecule has 136 valence electrons. The number of thiophene rings is 1. The maximum absolute atomic E-state index is 11.9. The number of carboxylic acids is 1. The molecule has 0 unspecified atom stereocenters. The summed E-state index contributed by atoms with van der Waals surface area (Å²) in [7, 11) is 0. The summed E-state index contributed by atoms with van der Waals surface area (Å²) < 4.78 is 5.44. The molecule has 0 spiro atoms. The van der Waals surface area contributed by atoms with Crippen molar-refractivity contribution in [3.05, 3.63) is 46.2 Å². The summed E-state index contributed by atoms with van der Waals surface area (Å²) in [4.78, 5) is 35.4. The van der Waals surface area contributed by atoms with Crippen LogP contribution in [0.2, 0.25) is 0 Å². The predicted octanol–water partition coefficient (Wildman–Crippen LogP) is 2.49. The van der Waals surface area contributed by atoms with Crippen LogP contribution in [0.1, 0.15) is 27.4 Å². The van der Waals surface area contributed by atoms with Crippen LogP contribution in [0, 0.1) is 5.92 Å². The van der Waals surface area contributed by atoms with Gasteiger partial charge in [0.1, 0.15) is 10.6 Å². The molecule has 1 aromatic carbocycles. The van der Waals surface area contributed by atoms with E-state index in [2.05, 4.69) is 10.6 Å². The summed E-state index contributed by atoms with van der Waals surface area (Å²) in [6.45, 7) is 0.0782. The highest BCUT2D eigenvalue weighted by molar-refractivity contribution is 7.13. The highest BCUT2D eigenvalue weighted by atomic mass is 32.1. The van der Waals surface area contributed by atoms with Gasteiger partial charge in [-0.25, -0.2) is 4.79 Å². The number of benzene rings is 1. The minimum atomic E-state index is -0.982. The van der Waals surface area contributed by atoms with Gasteiger partial charge >= 0.3 is 5.97 Å². The van der Waals surface area contributed by atoms with Gasteiger partial charge in [0.15, 0.2) is 6.61 Å². The fourth-order valence-electron chi connectivity index (χ4n) is 2.23. The third-order valence-corrected chi connectivity index (χ3v) is 4.83. The third kappa shape index (κ3) is 5.06. The molecule has 3 N–H and O–H groups in total. The van der Waals surface area contributed by atoms with Gasteiger partial charge in [-0.15, -0.1) is 11.3 Å². The summed E-state index contributed by atoms with van der Waals surface area (Å²) in [6, 6.07) is 10.1. The van der Waals surface area contributed by atoms with E-state index in [1.807, 2.05) is 0 Å². The average molecular weight is 374 g/mol. The molecule has 8 heteroatoms. The number of ether oxygens (including phenoxy) is 1. The number of rotatable bonds is 8. The lowest BCUT2D eigenvalue weighted by molar-refractivity contribution is -0.123. The molecule has 0 atom stereocenters. The summed E-state index contributed by atoms with van der Waals surface area (Å²) in [6.07, 6.45) is 1.86. The Morgan fingerprint density at radius 1 is 1.19 bits per heavy atom. The number of aromatic carboxylic acids is 1. The van der Waals surface area contributed by atoms with Crippen LogP contribution in [-0.4, -0.2) is 29.5 Å². The Labute approximate surface area is 154 Å². The molecule has 1 saturated carbocycles. The molecule has 2 aromatic rings. The van der Waals surface area contributed by atoms with E-state index in [4.69, 9.17) is 9.84 Å². The highest BCUT2D eigenvalue weighted by Crippen LogP contribution is 2.30. The second-order valence-corrected chi connectivity index (χ2v) is 7.10. The Morgan fingerprint density at radius 3 is 2.69 bits per heavy atom. The second kappa shape index (κ2) is 8.01. The summed E-state index contributed by atoms with van der Waals surface area (Å²) in [5.41, 5.74) is 0.639. The fourth-order valence-corrected chi connectivity index (χ4v) is 3.01. The van der Waals surface area contributed by atoms with Gasteiger partial charge in [0.05, 0.1) is 6.54 Å². The minimum absolute atomic E-state index is 0.0107. The maximum Gasteiger partial charge on any atom is 0.345 e. The van der Waals surface area contributed by atoms with Gasteiger partial charge in [0, 0.05) is 22.5 Å². The number of carboxylic acid groups (broad SMARTS) is 1. The van der Waals surface area contributed by atoms with Crippen molar-refractivity contribution < 1.29 is 24.2 Å². The van der Waals surface area contributed by atoms with E-state index in [9.17, 15) is 14.4 Å². The molecule has 1 aromatic heterocycles. The van der Waals surface area contributed by atoms with Crippen LogP contribution >= 0.6 is 11.3 Å². The Hall–Kier alpha value is -2.87. The topological polar surface area (TPSA) is 105 Å². The van der Waals surface area contributed by atoms with Crippen LogP contribution in [0.25, 0.3) is 0 Å². The molecule has 7 nitrogen and oxygen atoms in total. The van der Waals surface area contributed by atoms with Crippen molar-refractivity contribution in [2.75, 3.05) is 11.9 Å². The van der Waals surface area contributed by atoms with E-state index in [0.29, 0.717) is 11.4 Å². The molecule has 0 aliphatic heterocycles. The van der Waals surface area contributed by atoms with Crippen molar-refractivity contribution in [2.45, 2.75) is 19.4 Å². The van der Waals surface area contributed by atoms with Crippen LogP contribution < -0.4 is 15.4 Å². The van der Waals surface area contributed by atoms with E-state index in [0.717, 1.165) is 29.1 Å². The van der Waals surface area contributed by atoms with Crippen LogP contribution in [0.4, 0.5) is 5.69 Å². The normalized spacial score (nSPS) is 13.1. The Bertz CT molecular complexity index is 828. The third-order valence-electron chi connectivity index (χ3n) is 3.75. The summed E-state index contributed by atoms with van der Waals surface area (Å²) in [5.74, 6) is -0.689. The smallest absolute Gasteiger partial charge is 0.345 e. The van der Waals surface area contributed by atoms with Crippen molar-refractivity contribution >= 4 is 34.8 Å². The van der Waals surface area contributed by atoms with Gasteiger partial charge in [-0.2, -0.15) is 0 Å². The van der Waals surface area contributed by atoms with Crippen LogP contribution in [0.3, 0.4) is 0 Å². The van der Waals surface area contributed by atoms with Crippen molar-refractivity contribution in [3.8, 4) is 5.75 Å². The number of hydrogen-bond donors (Lipinski definition) is 3. The van der Waals surface area contributed by atoms with Gasteiger partial charge in [0.2, 0.25) is 5.91 Å². The van der Waals surface area contributed by atoms with Gasteiger partial charge in [0.25, 0.3) is 5.91 Å². The highest BCUT2D eigenvalue weighted by Gasteiger charge is 2.29. The Kier molecular flexibility index (Phi) is 5.52. The molecule has 1 heterocycles. The zero-order valence-electron chi connectivity index (χ0n) is 13.9. The quantitative estimate of drug-likeness (QED) is 0.658. The van der Waals surface area contributed by atoms with Gasteiger partial charge in [-0.05, 0) is 37.1 Å². The van der Waals surface area contributed by atoms with Crippen LogP contribution in [0.5, 0.6) is 5.75 Å². The summed E-state index contributed by atoms with van der Waals surface area (Å²) >= 11 is 1.12. The van der Waals surface area contributed by atoms with E-state index in [-0.39, 0.29) is 35.8 Å². The first-order chi connectivity index (χ1) is 12.5. The van der Waals surface area contributed by atoms with Crippen molar-refractivity contribution in [1.29, 1.82) is 0 Å².